The van der Waals surface area contributed by atoms with E-state index in [9.17, 15) is 30.7 Å². The van der Waals surface area contributed by atoms with E-state index >= 15 is 0 Å². The number of alkyl halides is 7. The highest BCUT2D eigenvalue weighted by Crippen LogP contribution is 2.39. The van der Waals surface area contributed by atoms with Crippen LogP contribution in [0.25, 0.3) is 0 Å². The summed E-state index contributed by atoms with van der Waals surface area (Å²) in [5.41, 5.74) is 0. The van der Waals surface area contributed by atoms with Crippen LogP contribution in [-0.2, 0) is 4.74 Å². The molecule has 0 amide bonds. The molecule has 74 valence electrons. The fourth-order valence-corrected chi connectivity index (χ4v) is 0.348. The van der Waals surface area contributed by atoms with Gasteiger partial charge in [0.15, 0.2) is 6.86 Å². The molecule has 0 fully saturated rings. The molecular formula is C4H3F7O. The Balaban J connectivity index is 4.62. The van der Waals surface area contributed by atoms with Crippen LogP contribution in [0.2, 0.25) is 0 Å². The lowest BCUT2D eigenvalue weighted by Gasteiger charge is -2.25. The molecule has 1 nitrogen and oxygen atoms in total. The second kappa shape index (κ2) is 3.46. The predicted molar refractivity (Wildman–Crippen MR) is 23.0 cm³/mol. The summed E-state index contributed by atoms with van der Waals surface area (Å²) in [6, 6.07) is 0. The molecule has 1 unspecified atom stereocenters. The van der Waals surface area contributed by atoms with Gasteiger partial charge < -0.3 is 4.74 Å². The van der Waals surface area contributed by atoms with Crippen molar-refractivity contribution < 1.29 is 35.5 Å². The Labute approximate surface area is 62.1 Å². The van der Waals surface area contributed by atoms with Crippen molar-refractivity contribution in [2.75, 3.05) is 6.86 Å². The third-order valence-corrected chi connectivity index (χ3v) is 0.932. The lowest BCUT2D eigenvalue weighted by molar-refractivity contribution is -0.376. The Morgan fingerprint density at radius 1 is 1.08 bits per heavy atom. The highest BCUT2D eigenvalue weighted by molar-refractivity contribution is 4.79. The van der Waals surface area contributed by atoms with Crippen LogP contribution in [0.1, 0.15) is 0 Å². The molecular weight excluding hydrogens is 197 g/mol. The van der Waals surface area contributed by atoms with E-state index in [-0.39, 0.29) is 0 Å². The van der Waals surface area contributed by atoms with Gasteiger partial charge in [-0.2, -0.15) is 17.6 Å². The van der Waals surface area contributed by atoms with E-state index in [0.29, 0.717) is 0 Å². The minimum atomic E-state index is -5.95. The van der Waals surface area contributed by atoms with Gasteiger partial charge in [-0.15, -0.1) is 0 Å². The Hall–Kier alpha value is -0.530. The smallest absolute Gasteiger partial charge is 0.302 e. The first-order chi connectivity index (χ1) is 5.25. The maximum absolute atomic E-state index is 12.1. The monoisotopic (exact) mass is 200 g/mol. The summed E-state index contributed by atoms with van der Waals surface area (Å²) in [5, 5.41) is 0. The maximum atomic E-state index is 12.1. The number of rotatable bonds is 3. The average molecular weight is 200 g/mol. The summed E-state index contributed by atoms with van der Waals surface area (Å²) in [4.78, 5) is 0. The van der Waals surface area contributed by atoms with Gasteiger partial charge in [-0.1, -0.05) is 0 Å². The van der Waals surface area contributed by atoms with Crippen molar-refractivity contribution >= 4 is 0 Å². The second-order valence-corrected chi connectivity index (χ2v) is 1.70. The molecule has 12 heavy (non-hydrogen) atoms. The fraction of sp³-hybridized carbons (Fsp3) is 1.00. The zero-order valence-corrected chi connectivity index (χ0v) is 5.34. The molecule has 0 aromatic heterocycles. The van der Waals surface area contributed by atoms with Gasteiger partial charge in [-0.25, -0.2) is 13.2 Å². The number of hydrogen-bond acceptors (Lipinski definition) is 1. The average Bonchev–Trinajstić information content (AvgIpc) is 1.85. The van der Waals surface area contributed by atoms with Crippen molar-refractivity contribution in [1.82, 2.24) is 0 Å². The van der Waals surface area contributed by atoms with Crippen LogP contribution in [0.5, 0.6) is 0 Å². The highest BCUT2D eigenvalue weighted by atomic mass is 19.4. The normalized spacial score (nSPS) is 18.0. The predicted octanol–water partition coefficient (Wildman–Crippen LogP) is 2.42. The van der Waals surface area contributed by atoms with Crippen LogP contribution in [0.15, 0.2) is 0 Å². The lowest BCUT2D eigenvalue weighted by Crippen LogP contribution is -2.49. The summed E-state index contributed by atoms with van der Waals surface area (Å²) >= 11 is 0. The molecule has 0 heterocycles. The molecule has 0 aliphatic carbocycles. The van der Waals surface area contributed by atoms with Crippen LogP contribution in [-0.4, -0.2) is 25.3 Å². The standard InChI is InChI=1S/C4H3F7O/c5-1-12-3(8,2(6)7)4(9,10)11/h2H,1H2. The number of ether oxygens (including phenoxy) is 1. The first-order valence-electron chi connectivity index (χ1n) is 2.49. The Morgan fingerprint density at radius 3 is 1.58 bits per heavy atom. The molecule has 0 saturated carbocycles. The maximum Gasteiger partial charge on any atom is 0.454 e. The van der Waals surface area contributed by atoms with Gasteiger partial charge in [0.2, 0.25) is 0 Å². The van der Waals surface area contributed by atoms with Gasteiger partial charge in [0.25, 0.3) is 0 Å². The van der Waals surface area contributed by atoms with Crippen molar-refractivity contribution in [3.05, 3.63) is 0 Å². The first-order valence-corrected chi connectivity index (χ1v) is 2.49. The van der Waals surface area contributed by atoms with Crippen LogP contribution in [0, 0.1) is 0 Å². The van der Waals surface area contributed by atoms with Crippen LogP contribution >= 0.6 is 0 Å². The quantitative estimate of drug-likeness (QED) is 0.635. The van der Waals surface area contributed by atoms with Crippen molar-refractivity contribution in [2.24, 2.45) is 0 Å². The van der Waals surface area contributed by atoms with E-state index in [2.05, 4.69) is 4.74 Å². The number of halogens is 7. The van der Waals surface area contributed by atoms with E-state index in [4.69, 9.17) is 0 Å². The highest BCUT2D eigenvalue weighted by Gasteiger charge is 2.64. The Kier molecular flexibility index (Phi) is 3.31. The minimum absolute atomic E-state index is 2.28. The summed E-state index contributed by atoms with van der Waals surface area (Å²) in [6.07, 6.45) is -10.4. The fourth-order valence-electron chi connectivity index (χ4n) is 0.348. The van der Waals surface area contributed by atoms with Gasteiger partial charge in [-0.3, -0.25) is 0 Å². The zero-order chi connectivity index (χ0) is 9.99. The van der Waals surface area contributed by atoms with Crippen molar-refractivity contribution in [3.63, 3.8) is 0 Å². The van der Waals surface area contributed by atoms with Crippen LogP contribution in [0.4, 0.5) is 30.7 Å². The molecule has 0 spiro atoms. The molecule has 1 atom stereocenters. The van der Waals surface area contributed by atoms with Crippen molar-refractivity contribution in [1.29, 1.82) is 0 Å². The van der Waals surface area contributed by atoms with Gasteiger partial charge in [0.05, 0.1) is 0 Å². The molecule has 8 heteroatoms. The molecule has 0 aromatic rings. The third kappa shape index (κ3) is 1.99. The second-order valence-electron chi connectivity index (χ2n) is 1.70. The van der Waals surface area contributed by atoms with E-state index < -0.39 is 25.3 Å². The molecule has 0 radical (unpaired) electrons. The first kappa shape index (κ1) is 11.5. The van der Waals surface area contributed by atoms with Crippen molar-refractivity contribution in [2.45, 2.75) is 18.5 Å². The van der Waals surface area contributed by atoms with Crippen molar-refractivity contribution in [3.8, 4) is 0 Å². The summed E-state index contributed by atoms with van der Waals surface area (Å²) < 4.78 is 82.8. The summed E-state index contributed by atoms with van der Waals surface area (Å²) in [7, 11) is 0. The molecule has 0 saturated heterocycles. The molecule has 0 aromatic carbocycles. The van der Waals surface area contributed by atoms with Gasteiger partial charge in [-0.05, 0) is 0 Å². The topological polar surface area (TPSA) is 9.23 Å². The molecule has 0 aliphatic heterocycles. The lowest BCUT2D eigenvalue weighted by atomic mass is 10.3. The van der Waals surface area contributed by atoms with Gasteiger partial charge in [0, 0.05) is 0 Å². The Bertz CT molecular complexity index is 143. The number of hydrogen-bond donors (Lipinski definition) is 0. The SMILES string of the molecule is FCOC(F)(C(F)F)C(F)(F)F. The molecule has 0 bridgehead atoms. The molecule has 0 aliphatic rings. The summed E-state index contributed by atoms with van der Waals surface area (Å²) in [6.45, 7) is -2.28. The van der Waals surface area contributed by atoms with Crippen LogP contribution in [0.3, 0.4) is 0 Å². The molecule has 0 N–H and O–H groups in total. The largest absolute Gasteiger partial charge is 0.454 e. The van der Waals surface area contributed by atoms with E-state index in [1.807, 2.05) is 0 Å². The van der Waals surface area contributed by atoms with Crippen LogP contribution < -0.4 is 0 Å². The van der Waals surface area contributed by atoms with E-state index in [1.54, 1.807) is 0 Å². The van der Waals surface area contributed by atoms with E-state index in [0.717, 1.165) is 0 Å². The summed E-state index contributed by atoms with van der Waals surface area (Å²) in [5.74, 6) is -5.22. The third-order valence-electron chi connectivity index (χ3n) is 0.932. The van der Waals surface area contributed by atoms with Gasteiger partial charge >= 0.3 is 18.5 Å². The van der Waals surface area contributed by atoms with Gasteiger partial charge in [0.1, 0.15) is 0 Å². The Morgan fingerprint density at radius 2 is 1.50 bits per heavy atom. The van der Waals surface area contributed by atoms with E-state index in [1.165, 1.54) is 0 Å². The minimum Gasteiger partial charge on any atom is -0.302 e. The molecule has 0 rings (SSSR count). The zero-order valence-electron chi connectivity index (χ0n) is 5.34.